The van der Waals surface area contributed by atoms with Crippen molar-refractivity contribution in [1.29, 1.82) is 0 Å². The third kappa shape index (κ3) is 1.94. The Kier molecular flexibility index (Phi) is 3.08. The zero-order valence-electron chi connectivity index (χ0n) is 10.4. The van der Waals surface area contributed by atoms with Crippen LogP contribution in [0.1, 0.15) is 11.8 Å². The van der Waals surface area contributed by atoms with E-state index in [4.69, 9.17) is 30.4 Å². The third-order valence-electron chi connectivity index (χ3n) is 3.52. The molecule has 2 fully saturated rings. The van der Waals surface area contributed by atoms with Crippen LogP contribution >= 0.6 is 11.6 Å². The number of nitrogens with zero attached hydrogens (tertiary/aromatic N) is 3. The van der Waals surface area contributed by atoms with Gasteiger partial charge in [0, 0.05) is 0 Å². The Balaban J connectivity index is 1.78. The molecule has 2 aliphatic rings. The van der Waals surface area contributed by atoms with Crippen LogP contribution in [0.4, 0.5) is 5.82 Å². The molecule has 2 aromatic rings. The fourth-order valence-electron chi connectivity index (χ4n) is 2.58. The van der Waals surface area contributed by atoms with Gasteiger partial charge in [0.2, 0.25) is 0 Å². The highest BCUT2D eigenvalue weighted by molar-refractivity contribution is 7.75. The van der Waals surface area contributed by atoms with Gasteiger partial charge in [0.25, 0.3) is 0 Å². The molecule has 0 radical (unpaired) electrons. The molecule has 21 heavy (non-hydrogen) atoms. The van der Waals surface area contributed by atoms with Crippen LogP contribution in [-0.4, -0.2) is 48.6 Å². The van der Waals surface area contributed by atoms with Gasteiger partial charge in [0.05, 0.1) is 11.6 Å². The van der Waals surface area contributed by atoms with Crippen LogP contribution in [0.25, 0.3) is 11.0 Å². The van der Waals surface area contributed by atoms with Gasteiger partial charge < -0.3 is 10.5 Å². The smallest absolute Gasteiger partial charge is 0.305 e. The number of H-pyrrole nitrogens is 1. The summed E-state index contributed by atoms with van der Waals surface area (Å²) in [6, 6.07) is 0. The number of nitrogen functional groups attached to an aromatic ring is 1. The Hall–Kier alpha value is -1.33. The number of alkyl halides is 1. The van der Waals surface area contributed by atoms with Gasteiger partial charge in [0.1, 0.15) is 36.3 Å². The summed E-state index contributed by atoms with van der Waals surface area (Å²) < 4.78 is 27.8. The van der Waals surface area contributed by atoms with Crippen LogP contribution in [0.3, 0.4) is 0 Å². The van der Waals surface area contributed by atoms with E-state index < -0.39 is 35.8 Å². The highest BCUT2D eigenvalue weighted by atomic mass is 35.5. The van der Waals surface area contributed by atoms with Crippen molar-refractivity contribution in [3.05, 3.63) is 12.0 Å². The molecule has 0 amide bonds. The summed E-state index contributed by atoms with van der Waals surface area (Å²) in [5.41, 5.74) is 7.30. The van der Waals surface area contributed by atoms with Crippen LogP contribution in [0.2, 0.25) is 0 Å². The van der Waals surface area contributed by atoms with Gasteiger partial charge in [-0.25, -0.2) is 9.97 Å². The molecule has 4 heterocycles. The molecule has 0 aromatic carbocycles. The maximum absolute atomic E-state index is 11.4. The van der Waals surface area contributed by atoms with Gasteiger partial charge in [-0.1, -0.05) is 0 Å². The fourth-order valence-corrected chi connectivity index (χ4v) is 3.68. The van der Waals surface area contributed by atoms with E-state index in [1.165, 1.54) is 6.33 Å². The minimum atomic E-state index is -1.80. The molecule has 3 N–H and O–H groups in total. The van der Waals surface area contributed by atoms with E-state index in [-0.39, 0.29) is 11.7 Å². The molecule has 11 heteroatoms. The second-order valence-corrected chi connectivity index (χ2v) is 5.77. The quantitative estimate of drug-likeness (QED) is 0.735. The van der Waals surface area contributed by atoms with Crippen LogP contribution in [-0.2, 0) is 24.5 Å². The molecule has 9 nitrogen and oxygen atoms in total. The molecule has 112 valence electrons. The topological polar surface area (TPSA) is 125 Å². The first-order valence-electron chi connectivity index (χ1n) is 6.11. The Bertz CT molecular complexity index is 727. The van der Waals surface area contributed by atoms with Crippen molar-refractivity contribution in [3.8, 4) is 0 Å². The van der Waals surface area contributed by atoms with E-state index in [1.807, 2.05) is 0 Å². The number of fused-ring (bicyclic) bond motifs is 2. The number of halogens is 1. The Morgan fingerprint density at radius 2 is 2.14 bits per heavy atom. The van der Waals surface area contributed by atoms with Gasteiger partial charge in [-0.15, -0.1) is 11.6 Å². The van der Waals surface area contributed by atoms with Crippen molar-refractivity contribution in [2.45, 2.75) is 24.4 Å². The number of hydrogen-bond acceptors (Lipinski definition) is 8. The Labute approximate surface area is 126 Å². The van der Waals surface area contributed by atoms with Crippen molar-refractivity contribution >= 4 is 39.8 Å². The van der Waals surface area contributed by atoms with E-state index in [2.05, 4.69) is 20.2 Å². The van der Waals surface area contributed by atoms with Crippen molar-refractivity contribution in [2.24, 2.45) is 0 Å². The van der Waals surface area contributed by atoms with Crippen molar-refractivity contribution < 1.29 is 17.3 Å². The van der Waals surface area contributed by atoms with Gasteiger partial charge in [-0.2, -0.15) is 9.31 Å². The summed E-state index contributed by atoms with van der Waals surface area (Å²) in [7, 11) is 0. The van der Waals surface area contributed by atoms with Gasteiger partial charge >= 0.3 is 11.4 Å². The molecule has 0 aliphatic carbocycles. The molecule has 0 bridgehead atoms. The number of nitrogens with one attached hydrogen (secondary N) is 1. The van der Waals surface area contributed by atoms with Gasteiger partial charge in [0.15, 0.2) is 11.3 Å². The average molecular weight is 332 g/mol. The zero-order chi connectivity index (χ0) is 14.6. The molecule has 2 aromatic heterocycles. The summed E-state index contributed by atoms with van der Waals surface area (Å²) in [4.78, 5) is 8.04. The lowest BCUT2D eigenvalue weighted by molar-refractivity contribution is 0.0139. The molecule has 2 saturated heterocycles. The first kappa shape index (κ1) is 13.3. The largest absolute Gasteiger partial charge is 0.382 e. The van der Waals surface area contributed by atoms with Crippen LogP contribution in [0, 0.1) is 0 Å². The Morgan fingerprint density at radius 3 is 2.95 bits per heavy atom. The van der Waals surface area contributed by atoms with E-state index in [0.717, 1.165) is 0 Å². The highest BCUT2D eigenvalue weighted by Gasteiger charge is 2.54. The molecule has 4 rings (SSSR count). The van der Waals surface area contributed by atoms with E-state index in [0.29, 0.717) is 16.7 Å². The third-order valence-corrected chi connectivity index (χ3v) is 4.58. The maximum atomic E-state index is 11.4. The van der Waals surface area contributed by atoms with Crippen LogP contribution in [0.15, 0.2) is 6.33 Å². The number of nitrogens with two attached hydrogens (primary N) is 1. The maximum Gasteiger partial charge on any atom is 0.305 e. The average Bonchev–Trinajstić information content (AvgIpc) is 3.12. The second-order valence-electron chi connectivity index (χ2n) is 4.67. The fraction of sp³-hybridized carbons (Fsp3) is 0.500. The van der Waals surface area contributed by atoms with Gasteiger partial charge in [-0.05, 0) is 0 Å². The highest BCUT2D eigenvalue weighted by Crippen LogP contribution is 2.42. The van der Waals surface area contributed by atoms with Crippen molar-refractivity contribution in [1.82, 2.24) is 20.2 Å². The predicted octanol–water partition coefficient (Wildman–Crippen LogP) is -0.0235. The normalized spacial score (nSPS) is 35.4. The number of rotatable bonds is 2. The van der Waals surface area contributed by atoms with E-state index >= 15 is 0 Å². The first-order chi connectivity index (χ1) is 10.2. The monoisotopic (exact) mass is 331 g/mol. The SMILES string of the molecule is Nc1ncnc2c([C@@H]3O[C@H](CCl)[C@H]4OS(=O)O[C@H]43)[nH]nc12. The van der Waals surface area contributed by atoms with Gasteiger partial charge in [-0.3, -0.25) is 13.5 Å². The minimum Gasteiger partial charge on any atom is -0.382 e. The lowest BCUT2D eigenvalue weighted by Crippen LogP contribution is -2.28. The molecule has 1 unspecified atom stereocenters. The second kappa shape index (κ2) is 4.85. The molecular formula is C10H10ClN5O4S. The van der Waals surface area contributed by atoms with Crippen molar-refractivity contribution in [3.63, 3.8) is 0 Å². The lowest BCUT2D eigenvalue weighted by Gasteiger charge is -2.13. The molecule has 0 saturated carbocycles. The van der Waals surface area contributed by atoms with E-state index in [1.54, 1.807) is 0 Å². The lowest BCUT2D eigenvalue weighted by atomic mass is 10.1. The predicted molar refractivity (Wildman–Crippen MR) is 72.3 cm³/mol. The number of hydrogen-bond donors (Lipinski definition) is 2. The molecule has 5 atom stereocenters. The summed E-state index contributed by atoms with van der Waals surface area (Å²) in [5, 5.41) is 6.92. The van der Waals surface area contributed by atoms with Crippen LogP contribution in [0.5, 0.6) is 0 Å². The van der Waals surface area contributed by atoms with E-state index in [9.17, 15) is 4.21 Å². The molecule has 2 aliphatic heterocycles. The number of aromatic amines is 1. The summed E-state index contributed by atoms with van der Waals surface area (Å²) >= 11 is 4.06. The minimum absolute atomic E-state index is 0.196. The summed E-state index contributed by atoms with van der Waals surface area (Å²) in [5.74, 6) is 0.458. The number of ether oxygens (including phenoxy) is 1. The molecular weight excluding hydrogens is 322 g/mol. The number of aromatic nitrogens is 4. The number of anilines is 1. The zero-order valence-corrected chi connectivity index (χ0v) is 12.0. The standard InChI is InChI=1S/C10H10ClN5O4S/c11-1-3-7-9(20-21(17)19-7)8(18-3)5-4-6(16-15-5)10(12)14-2-13-4/h2-3,7-9H,1H2,(H,15,16)(H2,12,13,14)/t3-,7-,8+,9-,21?/m1/s1. The summed E-state index contributed by atoms with van der Waals surface area (Å²) in [6.07, 6.45) is -0.692. The summed E-state index contributed by atoms with van der Waals surface area (Å²) in [6.45, 7) is 0. The van der Waals surface area contributed by atoms with Crippen LogP contribution < -0.4 is 5.73 Å². The molecule has 0 spiro atoms. The van der Waals surface area contributed by atoms with Crippen molar-refractivity contribution in [2.75, 3.05) is 11.6 Å². The Morgan fingerprint density at radius 1 is 1.33 bits per heavy atom. The first-order valence-corrected chi connectivity index (χ1v) is 7.64.